The number of methoxy groups -OCH3 is 1. The van der Waals surface area contributed by atoms with Crippen LogP contribution in [0.2, 0.25) is 0 Å². The van der Waals surface area contributed by atoms with Gasteiger partial charge in [-0.3, -0.25) is 14.5 Å². The molecule has 3 heterocycles. The summed E-state index contributed by atoms with van der Waals surface area (Å²) < 4.78 is 7.68. The number of hydrogen-bond donors (Lipinski definition) is 0. The number of carbonyl (C=O) groups is 1. The molecule has 0 saturated carbocycles. The molecule has 1 saturated heterocycles. The smallest absolute Gasteiger partial charge is 0.250 e. The van der Waals surface area contributed by atoms with Gasteiger partial charge in [0.15, 0.2) is 5.78 Å². The Balaban J connectivity index is 1.25. The van der Waals surface area contributed by atoms with E-state index in [1.807, 2.05) is 41.0 Å². The minimum Gasteiger partial charge on any atom is -0.496 e. The van der Waals surface area contributed by atoms with E-state index in [4.69, 9.17) is 4.74 Å². The number of pyridine rings is 1. The molecule has 0 N–H and O–H groups in total. The molecule has 3 aromatic rings. The average Bonchev–Trinajstić information content (AvgIpc) is 2.87. The van der Waals surface area contributed by atoms with Crippen LogP contribution in [0.4, 0.5) is 0 Å². The van der Waals surface area contributed by atoms with Gasteiger partial charge in [-0.15, -0.1) is 0 Å². The zero-order valence-corrected chi connectivity index (χ0v) is 20.1. The second kappa shape index (κ2) is 8.97. The van der Waals surface area contributed by atoms with Gasteiger partial charge in [0, 0.05) is 60.6 Å². The maximum atomic E-state index is 13.1. The molecule has 5 nitrogen and oxygen atoms in total. The molecule has 2 aliphatic heterocycles. The first-order chi connectivity index (χ1) is 17.1. The Morgan fingerprint density at radius 2 is 1.86 bits per heavy atom. The van der Waals surface area contributed by atoms with E-state index in [9.17, 15) is 9.59 Å². The SMILES string of the molecule is COc1ccc(C=C2CCc3ccccc3C2=O)cc1CN1C[C@@H]2C[C@@H](C1)c1cccc(=O)n1C2. The lowest BCUT2D eigenvalue weighted by atomic mass is 9.83. The van der Waals surface area contributed by atoms with Gasteiger partial charge in [0.05, 0.1) is 7.11 Å². The number of ketones is 1. The number of rotatable bonds is 4. The number of aromatic nitrogens is 1. The van der Waals surface area contributed by atoms with Gasteiger partial charge < -0.3 is 9.30 Å². The first-order valence-corrected chi connectivity index (χ1v) is 12.5. The Morgan fingerprint density at radius 3 is 2.74 bits per heavy atom. The zero-order valence-electron chi connectivity index (χ0n) is 20.1. The molecule has 2 bridgehead atoms. The van der Waals surface area contributed by atoms with E-state index < -0.39 is 0 Å². The molecule has 1 fully saturated rings. The fourth-order valence-corrected chi connectivity index (χ4v) is 6.23. The fraction of sp³-hybridized carbons (Fsp3) is 0.333. The minimum absolute atomic E-state index is 0.118. The minimum atomic E-state index is 0.118. The number of likely N-dealkylation sites (tertiary alicyclic amines) is 1. The summed E-state index contributed by atoms with van der Waals surface area (Å²) in [5, 5.41) is 0. The van der Waals surface area contributed by atoms with Crippen molar-refractivity contribution in [2.45, 2.75) is 38.3 Å². The summed E-state index contributed by atoms with van der Waals surface area (Å²) in [7, 11) is 1.71. The number of ether oxygens (including phenoxy) is 1. The quantitative estimate of drug-likeness (QED) is 0.524. The summed E-state index contributed by atoms with van der Waals surface area (Å²) in [6.07, 6.45) is 4.87. The lowest BCUT2D eigenvalue weighted by molar-refractivity contribution is 0.102. The van der Waals surface area contributed by atoms with Crippen molar-refractivity contribution in [1.29, 1.82) is 0 Å². The molecule has 0 radical (unpaired) electrons. The van der Waals surface area contributed by atoms with E-state index in [-0.39, 0.29) is 11.3 Å². The molecular weight excluding hydrogens is 436 g/mol. The van der Waals surface area contributed by atoms with Crippen LogP contribution in [-0.4, -0.2) is 35.4 Å². The fourth-order valence-electron chi connectivity index (χ4n) is 6.23. The number of allylic oxidation sites excluding steroid dienone is 1. The standard InChI is InChI=1S/C30H30N2O3/c1-35-28-12-9-20(13-23-11-10-22-5-2-3-6-26(22)30(23)34)14-25(28)19-31-16-21-15-24(18-31)27-7-4-8-29(33)32(27)17-21/h2-9,12-14,21,24H,10-11,15-19H2,1H3/t21-,24-/m0/s1. The Labute approximate surface area is 205 Å². The van der Waals surface area contributed by atoms with Crippen molar-refractivity contribution >= 4 is 11.9 Å². The summed E-state index contributed by atoms with van der Waals surface area (Å²) in [5.74, 6) is 1.88. The molecule has 0 unspecified atom stereocenters. The van der Waals surface area contributed by atoms with Crippen molar-refractivity contribution in [1.82, 2.24) is 9.47 Å². The van der Waals surface area contributed by atoms with E-state index in [0.717, 1.165) is 79.0 Å². The van der Waals surface area contributed by atoms with Crippen LogP contribution in [0.25, 0.3) is 6.08 Å². The molecule has 5 heteroatoms. The number of nitrogens with zero attached hydrogens (tertiary/aromatic N) is 2. The summed E-state index contributed by atoms with van der Waals surface area (Å²) >= 11 is 0. The van der Waals surface area contributed by atoms with Crippen LogP contribution in [0, 0.1) is 5.92 Å². The number of Topliss-reactive ketones (excluding diaryl/α,β-unsaturated/α-hetero) is 1. The highest BCUT2D eigenvalue weighted by molar-refractivity contribution is 6.13. The molecule has 2 aromatic carbocycles. The lowest BCUT2D eigenvalue weighted by Crippen LogP contribution is -2.46. The number of aryl methyl sites for hydroxylation is 1. The van der Waals surface area contributed by atoms with E-state index in [1.165, 1.54) is 5.69 Å². The molecule has 35 heavy (non-hydrogen) atoms. The highest BCUT2D eigenvalue weighted by Crippen LogP contribution is 2.36. The largest absolute Gasteiger partial charge is 0.496 e. The van der Waals surface area contributed by atoms with Gasteiger partial charge in [0.25, 0.3) is 5.56 Å². The van der Waals surface area contributed by atoms with Crippen LogP contribution >= 0.6 is 0 Å². The summed E-state index contributed by atoms with van der Waals surface area (Å²) in [6, 6.07) is 19.8. The van der Waals surface area contributed by atoms with Crippen LogP contribution in [0.3, 0.4) is 0 Å². The van der Waals surface area contributed by atoms with Gasteiger partial charge in [-0.1, -0.05) is 36.4 Å². The lowest BCUT2D eigenvalue weighted by Gasteiger charge is -2.43. The molecule has 1 aromatic heterocycles. The van der Waals surface area contributed by atoms with Crippen LogP contribution in [0.15, 0.2) is 71.0 Å². The zero-order chi connectivity index (χ0) is 23.9. The predicted octanol–water partition coefficient (Wildman–Crippen LogP) is 4.69. The van der Waals surface area contributed by atoms with Gasteiger partial charge in [0.2, 0.25) is 0 Å². The monoisotopic (exact) mass is 466 g/mol. The van der Waals surface area contributed by atoms with Gasteiger partial charge >= 0.3 is 0 Å². The first-order valence-electron chi connectivity index (χ1n) is 12.5. The van der Waals surface area contributed by atoms with Crippen molar-refractivity contribution < 1.29 is 9.53 Å². The Hall–Kier alpha value is -3.44. The molecular formula is C30H30N2O3. The van der Waals surface area contributed by atoms with Crippen LogP contribution in [0.5, 0.6) is 5.75 Å². The van der Waals surface area contributed by atoms with Crippen molar-refractivity contribution in [2.75, 3.05) is 20.2 Å². The second-order valence-corrected chi connectivity index (χ2v) is 10.1. The molecule has 178 valence electrons. The molecule has 3 aliphatic rings. The molecule has 1 aliphatic carbocycles. The number of carbonyl (C=O) groups excluding carboxylic acids is 1. The maximum Gasteiger partial charge on any atom is 0.250 e. The van der Waals surface area contributed by atoms with Crippen molar-refractivity contribution in [3.05, 3.63) is 105 Å². The molecule has 0 amide bonds. The van der Waals surface area contributed by atoms with Gasteiger partial charge in [-0.05, 0) is 60.6 Å². The number of benzene rings is 2. The molecule has 0 spiro atoms. The summed E-state index contributed by atoms with van der Waals surface area (Å²) in [4.78, 5) is 27.9. The van der Waals surface area contributed by atoms with Gasteiger partial charge in [-0.25, -0.2) is 0 Å². The third-order valence-electron chi connectivity index (χ3n) is 7.81. The highest BCUT2D eigenvalue weighted by Gasteiger charge is 2.34. The number of fused-ring (bicyclic) bond motifs is 5. The van der Waals surface area contributed by atoms with E-state index in [0.29, 0.717) is 11.8 Å². The topological polar surface area (TPSA) is 51.5 Å². The van der Waals surface area contributed by atoms with E-state index in [2.05, 4.69) is 29.2 Å². The number of hydrogen-bond acceptors (Lipinski definition) is 4. The van der Waals surface area contributed by atoms with Crippen LogP contribution < -0.4 is 10.3 Å². The maximum absolute atomic E-state index is 13.1. The van der Waals surface area contributed by atoms with E-state index in [1.54, 1.807) is 13.2 Å². The Morgan fingerprint density at radius 1 is 0.971 bits per heavy atom. The number of piperidine rings is 1. The van der Waals surface area contributed by atoms with E-state index >= 15 is 0 Å². The van der Waals surface area contributed by atoms with Crippen LogP contribution in [0.1, 0.15) is 51.5 Å². The summed E-state index contributed by atoms with van der Waals surface area (Å²) in [5.41, 5.74) is 6.30. The van der Waals surface area contributed by atoms with Crippen LogP contribution in [-0.2, 0) is 19.5 Å². The predicted molar refractivity (Wildman–Crippen MR) is 137 cm³/mol. The second-order valence-electron chi connectivity index (χ2n) is 10.1. The summed E-state index contributed by atoms with van der Waals surface area (Å²) in [6.45, 7) is 3.50. The van der Waals surface area contributed by atoms with Gasteiger partial charge in [-0.2, -0.15) is 0 Å². The third kappa shape index (κ3) is 4.14. The molecule has 6 rings (SSSR count). The van der Waals surface area contributed by atoms with Crippen molar-refractivity contribution in [3.8, 4) is 5.75 Å². The third-order valence-corrected chi connectivity index (χ3v) is 7.81. The first kappa shape index (κ1) is 22.1. The normalized spacial score (nSPS) is 22.5. The van der Waals surface area contributed by atoms with Crippen molar-refractivity contribution in [3.63, 3.8) is 0 Å². The van der Waals surface area contributed by atoms with Crippen molar-refractivity contribution in [2.24, 2.45) is 5.92 Å². The Bertz CT molecular complexity index is 1390. The molecule has 2 atom stereocenters. The average molecular weight is 467 g/mol. The Kier molecular flexibility index (Phi) is 5.65. The van der Waals surface area contributed by atoms with Gasteiger partial charge in [0.1, 0.15) is 5.75 Å². The highest BCUT2D eigenvalue weighted by atomic mass is 16.5.